The highest BCUT2D eigenvalue weighted by molar-refractivity contribution is 4.76. The summed E-state index contributed by atoms with van der Waals surface area (Å²) in [6.45, 7) is 8.24. The molecule has 0 aromatic rings. The van der Waals surface area contributed by atoms with Crippen molar-refractivity contribution in [2.45, 2.75) is 39.5 Å². The van der Waals surface area contributed by atoms with Crippen LogP contribution in [0.4, 0.5) is 0 Å². The molecule has 0 amide bonds. The maximum atomic E-state index is 3.78. The molecule has 0 heteroatoms. The van der Waals surface area contributed by atoms with Crippen LogP contribution in [0, 0.1) is 5.92 Å². The highest BCUT2D eigenvalue weighted by Gasteiger charge is 1.97. The minimum atomic E-state index is 0.768. The summed E-state index contributed by atoms with van der Waals surface area (Å²) in [5.74, 6) is 0.768. The molecule has 0 spiro atoms. The van der Waals surface area contributed by atoms with Crippen molar-refractivity contribution in [1.82, 2.24) is 0 Å². The van der Waals surface area contributed by atoms with Crippen LogP contribution in [0.3, 0.4) is 0 Å². The van der Waals surface area contributed by atoms with E-state index in [-0.39, 0.29) is 0 Å². The maximum Gasteiger partial charge on any atom is -0.0239 e. The third kappa shape index (κ3) is 4.26. The number of hydrogen-bond donors (Lipinski definition) is 0. The van der Waals surface area contributed by atoms with Crippen LogP contribution >= 0.6 is 0 Å². The zero-order chi connectivity index (χ0) is 7.11. The maximum absolute atomic E-state index is 3.78. The minimum Gasteiger partial charge on any atom is -0.103 e. The van der Waals surface area contributed by atoms with Crippen molar-refractivity contribution in [3.05, 3.63) is 12.7 Å². The first-order valence-corrected chi connectivity index (χ1v) is 3.97. The molecular formula is C9H18. The molecule has 0 fully saturated rings. The third-order valence-electron chi connectivity index (χ3n) is 1.79. The molecule has 1 atom stereocenters. The first-order valence-electron chi connectivity index (χ1n) is 3.97. The van der Waals surface area contributed by atoms with Gasteiger partial charge >= 0.3 is 0 Å². The van der Waals surface area contributed by atoms with E-state index in [1.807, 2.05) is 0 Å². The Morgan fingerprint density at radius 1 is 1.44 bits per heavy atom. The van der Waals surface area contributed by atoms with E-state index in [2.05, 4.69) is 26.5 Å². The Morgan fingerprint density at radius 3 is 2.44 bits per heavy atom. The van der Waals surface area contributed by atoms with Crippen molar-refractivity contribution in [3.8, 4) is 0 Å². The third-order valence-corrected chi connectivity index (χ3v) is 1.79. The summed E-state index contributed by atoms with van der Waals surface area (Å²) >= 11 is 0. The molecule has 0 rings (SSSR count). The largest absolute Gasteiger partial charge is 0.103 e. The van der Waals surface area contributed by atoms with Gasteiger partial charge in [-0.05, 0) is 18.8 Å². The van der Waals surface area contributed by atoms with Gasteiger partial charge in [0.15, 0.2) is 0 Å². The standard InChI is InChI=1S/C9H18/c1-4-7-8-9(5-2)6-3/h5,9H,2,4,6-8H2,1,3H3. The van der Waals surface area contributed by atoms with Crippen LogP contribution in [0.1, 0.15) is 39.5 Å². The zero-order valence-electron chi connectivity index (χ0n) is 6.69. The van der Waals surface area contributed by atoms with Crippen molar-refractivity contribution in [2.75, 3.05) is 0 Å². The van der Waals surface area contributed by atoms with E-state index in [9.17, 15) is 0 Å². The van der Waals surface area contributed by atoms with Gasteiger partial charge in [-0.15, -0.1) is 6.58 Å². The summed E-state index contributed by atoms with van der Waals surface area (Å²) in [6, 6.07) is 0. The van der Waals surface area contributed by atoms with E-state index in [1.54, 1.807) is 0 Å². The normalized spacial score (nSPS) is 13.1. The molecule has 0 N–H and O–H groups in total. The van der Waals surface area contributed by atoms with Gasteiger partial charge < -0.3 is 0 Å². The van der Waals surface area contributed by atoms with Crippen molar-refractivity contribution < 1.29 is 0 Å². The summed E-state index contributed by atoms with van der Waals surface area (Å²) in [5.41, 5.74) is 0. The van der Waals surface area contributed by atoms with Gasteiger partial charge in [0.2, 0.25) is 0 Å². The second-order valence-electron chi connectivity index (χ2n) is 2.55. The average molecular weight is 126 g/mol. The molecule has 0 bridgehead atoms. The smallest absolute Gasteiger partial charge is 0.0239 e. The molecule has 0 saturated heterocycles. The topological polar surface area (TPSA) is 0 Å². The van der Waals surface area contributed by atoms with Gasteiger partial charge in [-0.1, -0.05) is 32.8 Å². The molecule has 0 nitrogen and oxygen atoms in total. The number of rotatable bonds is 5. The molecule has 0 heterocycles. The van der Waals surface area contributed by atoms with Crippen LogP contribution < -0.4 is 0 Å². The van der Waals surface area contributed by atoms with Crippen molar-refractivity contribution in [1.29, 1.82) is 0 Å². The predicted molar refractivity (Wildman–Crippen MR) is 43.5 cm³/mol. The van der Waals surface area contributed by atoms with Gasteiger partial charge in [-0.2, -0.15) is 0 Å². The highest BCUT2D eigenvalue weighted by atomic mass is 14.0. The molecule has 0 aliphatic heterocycles. The van der Waals surface area contributed by atoms with E-state index in [4.69, 9.17) is 0 Å². The van der Waals surface area contributed by atoms with E-state index in [0.717, 1.165) is 5.92 Å². The summed E-state index contributed by atoms with van der Waals surface area (Å²) in [6.07, 6.45) is 7.32. The lowest BCUT2D eigenvalue weighted by molar-refractivity contribution is 0.541. The van der Waals surface area contributed by atoms with Crippen molar-refractivity contribution in [3.63, 3.8) is 0 Å². The van der Waals surface area contributed by atoms with Gasteiger partial charge in [-0.3, -0.25) is 0 Å². The number of unbranched alkanes of at least 4 members (excludes halogenated alkanes) is 1. The molecule has 9 heavy (non-hydrogen) atoms. The van der Waals surface area contributed by atoms with E-state index in [0.29, 0.717) is 0 Å². The van der Waals surface area contributed by atoms with Crippen LogP contribution in [-0.2, 0) is 0 Å². The Balaban J connectivity index is 3.20. The Labute approximate surface area is 59.0 Å². The van der Waals surface area contributed by atoms with E-state index >= 15 is 0 Å². The fraction of sp³-hybridized carbons (Fsp3) is 0.778. The summed E-state index contributed by atoms with van der Waals surface area (Å²) < 4.78 is 0. The van der Waals surface area contributed by atoms with Gasteiger partial charge in [0, 0.05) is 0 Å². The van der Waals surface area contributed by atoms with Crippen molar-refractivity contribution >= 4 is 0 Å². The first-order chi connectivity index (χ1) is 4.35. The molecule has 0 radical (unpaired) electrons. The fourth-order valence-corrected chi connectivity index (χ4v) is 0.955. The molecule has 1 unspecified atom stereocenters. The molecule has 0 aliphatic rings. The van der Waals surface area contributed by atoms with E-state index < -0.39 is 0 Å². The zero-order valence-corrected chi connectivity index (χ0v) is 6.69. The SMILES string of the molecule is C=CC(CC)CCCC. The predicted octanol–water partition coefficient (Wildman–Crippen LogP) is 3.39. The fourth-order valence-electron chi connectivity index (χ4n) is 0.955. The Bertz CT molecular complexity index is 64.4. The summed E-state index contributed by atoms with van der Waals surface area (Å²) in [4.78, 5) is 0. The van der Waals surface area contributed by atoms with Crippen LogP contribution in [0.15, 0.2) is 12.7 Å². The Morgan fingerprint density at radius 2 is 2.11 bits per heavy atom. The molecule has 0 aliphatic carbocycles. The van der Waals surface area contributed by atoms with Crippen LogP contribution in [0.2, 0.25) is 0 Å². The minimum absolute atomic E-state index is 0.768. The van der Waals surface area contributed by atoms with E-state index in [1.165, 1.54) is 25.7 Å². The highest BCUT2D eigenvalue weighted by Crippen LogP contribution is 2.12. The van der Waals surface area contributed by atoms with Gasteiger partial charge in [0.05, 0.1) is 0 Å². The van der Waals surface area contributed by atoms with Crippen molar-refractivity contribution in [2.24, 2.45) is 5.92 Å². The molecular weight excluding hydrogens is 108 g/mol. The molecule has 54 valence electrons. The summed E-state index contributed by atoms with van der Waals surface area (Å²) in [5, 5.41) is 0. The lowest BCUT2D eigenvalue weighted by Crippen LogP contribution is -1.92. The quantitative estimate of drug-likeness (QED) is 0.495. The summed E-state index contributed by atoms with van der Waals surface area (Å²) in [7, 11) is 0. The molecule has 0 saturated carbocycles. The Kier molecular flexibility index (Phi) is 5.70. The number of hydrogen-bond acceptors (Lipinski definition) is 0. The van der Waals surface area contributed by atoms with Gasteiger partial charge in [0.1, 0.15) is 0 Å². The lowest BCUT2D eigenvalue weighted by atomic mass is 10.00. The number of allylic oxidation sites excluding steroid dienone is 1. The average Bonchev–Trinajstić information content (AvgIpc) is 1.91. The van der Waals surface area contributed by atoms with Crippen LogP contribution in [-0.4, -0.2) is 0 Å². The van der Waals surface area contributed by atoms with Crippen LogP contribution in [0.5, 0.6) is 0 Å². The lowest BCUT2D eigenvalue weighted by Gasteiger charge is -2.06. The second kappa shape index (κ2) is 5.87. The Hall–Kier alpha value is -0.260. The van der Waals surface area contributed by atoms with Gasteiger partial charge in [-0.25, -0.2) is 0 Å². The van der Waals surface area contributed by atoms with Gasteiger partial charge in [0.25, 0.3) is 0 Å². The first kappa shape index (κ1) is 8.74. The second-order valence-corrected chi connectivity index (χ2v) is 2.55. The molecule has 0 aromatic heterocycles. The monoisotopic (exact) mass is 126 g/mol. The molecule has 0 aromatic carbocycles. The van der Waals surface area contributed by atoms with Crippen LogP contribution in [0.25, 0.3) is 0 Å².